The van der Waals surface area contributed by atoms with Crippen molar-refractivity contribution >= 4 is 27.5 Å². The number of benzene rings is 1. The first kappa shape index (κ1) is 12.4. The molecule has 0 amide bonds. The van der Waals surface area contributed by atoms with Crippen LogP contribution in [-0.2, 0) is 0 Å². The molecular formula is C12H15BrClNO. The smallest absolute Gasteiger partial charge is 0.0570 e. The predicted octanol–water partition coefficient (Wildman–Crippen LogP) is 3.28. The van der Waals surface area contributed by atoms with E-state index in [0.717, 1.165) is 27.9 Å². The summed E-state index contributed by atoms with van der Waals surface area (Å²) in [4.78, 5) is 0. The second-order valence-electron chi connectivity index (χ2n) is 4.38. The van der Waals surface area contributed by atoms with Crippen molar-refractivity contribution < 1.29 is 5.11 Å². The molecule has 2 nitrogen and oxygen atoms in total. The molecule has 4 heteroatoms. The summed E-state index contributed by atoms with van der Waals surface area (Å²) in [7, 11) is 0. The van der Waals surface area contributed by atoms with E-state index < -0.39 is 0 Å². The maximum absolute atomic E-state index is 9.22. The third kappa shape index (κ3) is 2.77. The van der Waals surface area contributed by atoms with E-state index >= 15 is 0 Å². The van der Waals surface area contributed by atoms with Gasteiger partial charge in [0.25, 0.3) is 0 Å². The van der Waals surface area contributed by atoms with Crippen LogP contribution >= 0.6 is 27.5 Å². The Hall–Kier alpha value is -0.0900. The predicted molar refractivity (Wildman–Crippen MR) is 69.7 cm³/mol. The van der Waals surface area contributed by atoms with Crippen LogP contribution in [0.5, 0.6) is 0 Å². The minimum Gasteiger partial charge on any atom is -0.393 e. The maximum atomic E-state index is 9.22. The van der Waals surface area contributed by atoms with Gasteiger partial charge in [-0.2, -0.15) is 0 Å². The summed E-state index contributed by atoms with van der Waals surface area (Å²) in [6, 6.07) is 6.57. The molecule has 0 spiro atoms. The third-order valence-corrected chi connectivity index (χ3v) is 3.85. The monoisotopic (exact) mass is 303 g/mol. The van der Waals surface area contributed by atoms with Gasteiger partial charge in [-0.15, -0.1) is 0 Å². The number of aliphatic hydroxyl groups is 1. The first-order valence-electron chi connectivity index (χ1n) is 5.45. The van der Waals surface area contributed by atoms with Crippen molar-refractivity contribution in [2.45, 2.75) is 38.0 Å². The molecule has 0 radical (unpaired) electrons. The summed E-state index contributed by atoms with van der Waals surface area (Å²) in [5.41, 5.74) is 1.10. The lowest BCUT2D eigenvalue weighted by Gasteiger charge is -2.34. The van der Waals surface area contributed by atoms with Gasteiger partial charge in [0.1, 0.15) is 0 Å². The van der Waals surface area contributed by atoms with Crippen LogP contribution in [0.3, 0.4) is 0 Å². The second-order valence-corrected chi connectivity index (χ2v) is 5.70. The molecule has 1 aromatic rings. The Morgan fingerprint density at radius 1 is 1.50 bits per heavy atom. The van der Waals surface area contributed by atoms with Gasteiger partial charge in [0.15, 0.2) is 0 Å². The average molecular weight is 305 g/mol. The number of hydrogen-bond donors (Lipinski definition) is 2. The van der Waals surface area contributed by atoms with Crippen molar-refractivity contribution in [3.8, 4) is 0 Å². The standard InChI is InChI=1S/C12H15BrClNO/c1-7(15-9-5-10(16)6-9)11-3-2-8(13)4-12(11)14/h2-4,7,9-10,15-16H,5-6H2,1H3. The Balaban J connectivity index is 2.00. The fourth-order valence-corrected chi connectivity index (χ4v) is 2.86. The van der Waals surface area contributed by atoms with Crippen LogP contribution < -0.4 is 5.32 Å². The third-order valence-electron chi connectivity index (χ3n) is 3.03. The Kier molecular flexibility index (Phi) is 3.90. The fraction of sp³-hybridized carbons (Fsp3) is 0.500. The van der Waals surface area contributed by atoms with E-state index in [-0.39, 0.29) is 12.1 Å². The SMILES string of the molecule is CC(NC1CC(O)C1)c1ccc(Br)cc1Cl. The minimum absolute atomic E-state index is 0.120. The van der Waals surface area contributed by atoms with Gasteiger partial charge in [-0.3, -0.25) is 0 Å². The van der Waals surface area contributed by atoms with Crippen LogP contribution in [0.4, 0.5) is 0 Å². The fourth-order valence-electron chi connectivity index (χ4n) is 2.02. The molecule has 1 saturated carbocycles. The Morgan fingerprint density at radius 3 is 2.75 bits per heavy atom. The van der Waals surface area contributed by atoms with Crippen LogP contribution in [0, 0.1) is 0 Å². The zero-order valence-corrected chi connectivity index (χ0v) is 11.4. The highest BCUT2D eigenvalue weighted by molar-refractivity contribution is 9.10. The van der Waals surface area contributed by atoms with Gasteiger partial charge in [0.2, 0.25) is 0 Å². The summed E-state index contributed by atoms with van der Waals surface area (Å²) in [5.74, 6) is 0. The molecule has 16 heavy (non-hydrogen) atoms. The van der Waals surface area contributed by atoms with E-state index in [9.17, 15) is 5.11 Å². The number of rotatable bonds is 3. The lowest BCUT2D eigenvalue weighted by atomic mass is 9.88. The normalized spacial score (nSPS) is 26.2. The molecule has 88 valence electrons. The van der Waals surface area contributed by atoms with Crippen molar-refractivity contribution in [3.05, 3.63) is 33.3 Å². The van der Waals surface area contributed by atoms with Crippen LogP contribution in [-0.4, -0.2) is 17.3 Å². The number of nitrogens with one attached hydrogen (secondary N) is 1. The van der Waals surface area contributed by atoms with Crippen molar-refractivity contribution in [1.82, 2.24) is 5.32 Å². The van der Waals surface area contributed by atoms with Crippen LogP contribution in [0.2, 0.25) is 5.02 Å². The van der Waals surface area contributed by atoms with Gasteiger partial charge in [-0.1, -0.05) is 33.6 Å². The highest BCUT2D eigenvalue weighted by Gasteiger charge is 2.28. The molecular weight excluding hydrogens is 289 g/mol. The van der Waals surface area contributed by atoms with E-state index in [0.29, 0.717) is 6.04 Å². The van der Waals surface area contributed by atoms with Gasteiger partial charge in [0.05, 0.1) is 6.10 Å². The van der Waals surface area contributed by atoms with Crippen LogP contribution in [0.15, 0.2) is 22.7 Å². The van der Waals surface area contributed by atoms with E-state index in [1.54, 1.807) is 0 Å². The van der Waals surface area contributed by atoms with Gasteiger partial charge < -0.3 is 10.4 Å². The summed E-state index contributed by atoms with van der Waals surface area (Å²) < 4.78 is 0.993. The van der Waals surface area contributed by atoms with Crippen molar-refractivity contribution in [3.63, 3.8) is 0 Å². The summed E-state index contributed by atoms with van der Waals surface area (Å²) >= 11 is 9.57. The molecule has 0 aliphatic heterocycles. The first-order chi connectivity index (χ1) is 7.56. The average Bonchev–Trinajstić information content (AvgIpc) is 2.15. The Morgan fingerprint density at radius 2 is 2.19 bits per heavy atom. The molecule has 2 N–H and O–H groups in total. The molecule has 1 aromatic carbocycles. The topological polar surface area (TPSA) is 32.3 Å². The molecule has 1 unspecified atom stereocenters. The summed E-state index contributed by atoms with van der Waals surface area (Å²) in [5, 5.41) is 13.5. The van der Waals surface area contributed by atoms with Crippen LogP contribution in [0.1, 0.15) is 31.4 Å². The number of aliphatic hydroxyl groups excluding tert-OH is 1. The van der Waals surface area contributed by atoms with Gasteiger partial charge in [-0.05, 0) is 37.5 Å². The number of hydrogen-bond acceptors (Lipinski definition) is 2. The van der Waals surface area contributed by atoms with E-state index in [4.69, 9.17) is 11.6 Å². The van der Waals surface area contributed by atoms with Gasteiger partial charge in [0, 0.05) is 21.6 Å². The molecule has 1 aliphatic rings. The molecule has 0 heterocycles. The van der Waals surface area contributed by atoms with E-state index in [1.165, 1.54) is 0 Å². The first-order valence-corrected chi connectivity index (χ1v) is 6.62. The number of halogens is 2. The second kappa shape index (κ2) is 5.05. The van der Waals surface area contributed by atoms with Crippen molar-refractivity contribution in [2.24, 2.45) is 0 Å². The Bertz CT molecular complexity index is 379. The van der Waals surface area contributed by atoms with Crippen LogP contribution in [0.25, 0.3) is 0 Å². The Labute approximate surface area is 109 Å². The van der Waals surface area contributed by atoms with E-state index in [2.05, 4.69) is 28.2 Å². The molecule has 0 aromatic heterocycles. The largest absolute Gasteiger partial charge is 0.393 e. The molecule has 1 fully saturated rings. The lowest BCUT2D eigenvalue weighted by Crippen LogP contribution is -2.45. The zero-order chi connectivity index (χ0) is 11.7. The molecule has 0 bridgehead atoms. The van der Waals surface area contributed by atoms with Gasteiger partial charge >= 0.3 is 0 Å². The van der Waals surface area contributed by atoms with E-state index in [1.807, 2.05) is 18.2 Å². The summed E-state index contributed by atoms with van der Waals surface area (Å²) in [6.45, 7) is 2.10. The lowest BCUT2D eigenvalue weighted by molar-refractivity contribution is 0.0586. The van der Waals surface area contributed by atoms with Gasteiger partial charge in [-0.25, -0.2) is 0 Å². The maximum Gasteiger partial charge on any atom is 0.0570 e. The molecule has 2 rings (SSSR count). The summed E-state index contributed by atoms with van der Waals surface area (Å²) in [6.07, 6.45) is 1.57. The van der Waals surface area contributed by atoms with Crippen molar-refractivity contribution in [2.75, 3.05) is 0 Å². The molecule has 1 atom stereocenters. The molecule has 1 aliphatic carbocycles. The quantitative estimate of drug-likeness (QED) is 0.898. The van der Waals surface area contributed by atoms with Crippen molar-refractivity contribution in [1.29, 1.82) is 0 Å². The minimum atomic E-state index is -0.120. The highest BCUT2D eigenvalue weighted by Crippen LogP contribution is 2.29. The zero-order valence-electron chi connectivity index (χ0n) is 9.08. The highest BCUT2D eigenvalue weighted by atomic mass is 79.9. The molecule has 0 saturated heterocycles.